The molecule has 1 saturated carbocycles. The van der Waals surface area contributed by atoms with Crippen molar-refractivity contribution >= 4 is 28.1 Å². The largest absolute Gasteiger partial charge is 0.382 e. The maximum absolute atomic E-state index is 5.77. The van der Waals surface area contributed by atoms with Crippen molar-refractivity contribution in [2.24, 2.45) is 0 Å². The van der Waals surface area contributed by atoms with Gasteiger partial charge in [-0.1, -0.05) is 22.9 Å². The molecule has 1 aliphatic carbocycles. The summed E-state index contributed by atoms with van der Waals surface area (Å²) in [7, 11) is 1.72. The molecule has 0 saturated heterocycles. The molecule has 1 aromatic rings. The van der Waals surface area contributed by atoms with E-state index in [4.69, 9.17) is 16.3 Å². The lowest BCUT2D eigenvalue weighted by molar-refractivity contribution is 0.179. The molecule has 13 heavy (non-hydrogen) atoms. The second-order valence-electron chi connectivity index (χ2n) is 3.31. The Kier molecular flexibility index (Phi) is 2.45. The van der Waals surface area contributed by atoms with Crippen LogP contribution in [0.15, 0.2) is 6.20 Å². The predicted octanol–water partition coefficient (Wildman–Crippen LogP) is 2.39. The molecule has 5 heteroatoms. The summed E-state index contributed by atoms with van der Waals surface area (Å²) >= 11 is 7.24. The molecular weight excluding hydrogens is 208 g/mol. The summed E-state index contributed by atoms with van der Waals surface area (Å²) < 4.78 is 5.85. The maximum atomic E-state index is 5.77. The first-order chi connectivity index (χ1) is 6.24. The third-order valence-electron chi connectivity index (χ3n) is 2.12. The highest BCUT2D eigenvalue weighted by Crippen LogP contribution is 2.40. The fourth-order valence-electron chi connectivity index (χ4n) is 1.27. The number of nitrogens with zero attached hydrogens (tertiary/aromatic N) is 1. The lowest BCUT2D eigenvalue weighted by Gasteiger charge is -2.14. The maximum Gasteiger partial charge on any atom is 0.184 e. The third kappa shape index (κ3) is 2.13. The Balaban J connectivity index is 1.98. The van der Waals surface area contributed by atoms with Crippen molar-refractivity contribution in [3.63, 3.8) is 0 Å². The van der Waals surface area contributed by atoms with Crippen LogP contribution in [-0.2, 0) is 4.74 Å². The summed E-state index contributed by atoms with van der Waals surface area (Å²) in [6.07, 6.45) is 3.97. The number of thiazole rings is 1. The number of hydrogen-bond acceptors (Lipinski definition) is 4. The Bertz CT molecular complexity index is 298. The molecule has 0 unspecified atom stereocenters. The van der Waals surface area contributed by atoms with Gasteiger partial charge in [-0.3, -0.25) is 0 Å². The van der Waals surface area contributed by atoms with E-state index in [0.29, 0.717) is 0 Å². The number of nitrogens with one attached hydrogen (secondary N) is 1. The Morgan fingerprint density at radius 2 is 2.54 bits per heavy atom. The van der Waals surface area contributed by atoms with Crippen LogP contribution in [0.5, 0.6) is 0 Å². The molecule has 1 heterocycles. The van der Waals surface area contributed by atoms with Crippen LogP contribution in [0.1, 0.15) is 12.8 Å². The first-order valence-electron chi connectivity index (χ1n) is 4.13. The molecule has 0 spiro atoms. The molecule has 1 aliphatic rings. The zero-order valence-corrected chi connectivity index (χ0v) is 8.91. The Morgan fingerprint density at radius 1 is 1.77 bits per heavy atom. The van der Waals surface area contributed by atoms with Crippen LogP contribution in [0.2, 0.25) is 4.34 Å². The molecule has 1 N–H and O–H groups in total. The number of methoxy groups -OCH3 is 1. The first-order valence-corrected chi connectivity index (χ1v) is 5.32. The van der Waals surface area contributed by atoms with Gasteiger partial charge in [0.15, 0.2) is 5.13 Å². The SMILES string of the molecule is COCC1(Nc2ncc(Cl)s2)CC1. The van der Waals surface area contributed by atoms with Gasteiger partial charge in [-0.15, -0.1) is 0 Å². The second-order valence-corrected chi connectivity index (χ2v) is 4.97. The van der Waals surface area contributed by atoms with E-state index in [9.17, 15) is 0 Å². The highest BCUT2D eigenvalue weighted by molar-refractivity contribution is 7.19. The number of rotatable bonds is 4. The lowest BCUT2D eigenvalue weighted by atomic mass is 10.3. The number of halogens is 1. The van der Waals surface area contributed by atoms with E-state index in [1.807, 2.05) is 0 Å². The van der Waals surface area contributed by atoms with Gasteiger partial charge in [-0.25, -0.2) is 4.98 Å². The molecule has 72 valence electrons. The van der Waals surface area contributed by atoms with Gasteiger partial charge in [0.25, 0.3) is 0 Å². The third-order valence-corrected chi connectivity index (χ3v) is 3.15. The van der Waals surface area contributed by atoms with Crippen LogP contribution >= 0.6 is 22.9 Å². The summed E-state index contributed by atoms with van der Waals surface area (Å²) in [6, 6.07) is 0. The molecule has 1 fully saturated rings. The normalized spacial score (nSPS) is 18.6. The summed E-state index contributed by atoms with van der Waals surface area (Å²) in [6.45, 7) is 0.740. The number of aromatic nitrogens is 1. The topological polar surface area (TPSA) is 34.1 Å². The van der Waals surface area contributed by atoms with Crippen LogP contribution in [-0.4, -0.2) is 24.2 Å². The van der Waals surface area contributed by atoms with Crippen molar-refractivity contribution in [1.29, 1.82) is 0 Å². The van der Waals surface area contributed by atoms with E-state index in [2.05, 4.69) is 10.3 Å². The van der Waals surface area contributed by atoms with Gasteiger partial charge in [0.05, 0.1) is 18.3 Å². The molecule has 0 aromatic carbocycles. The van der Waals surface area contributed by atoms with Crippen molar-refractivity contribution in [3.05, 3.63) is 10.5 Å². The van der Waals surface area contributed by atoms with Crippen molar-refractivity contribution in [2.75, 3.05) is 19.0 Å². The zero-order chi connectivity index (χ0) is 9.31. The van der Waals surface area contributed by atoms with E-state index in [0.717, 1.165) is 28.9 Å². The Hall–Kier alpha value is -0.320. The number of ether oxygens (including phenoxy) is 1. The van der Waals surface area contributed by atoms with Crippen molar-refractivity contribution < 1.29 is 4.74 Å². The van der Waals surface area contributed by atoms with Crippen LogP contribution < -0.4 is 5.32 Å². The van der Waals surface area contributed by atoms with Gasteiger partial charge in [0.2, 0.25) is 0 Å². The van der Waals surface area contributed by atoms with Crippen molar-refractivity contribution in [1.82, 2.24) is 4.98 Å². The minimum atomic E-state index is 0.135. The molecule has 0 radical (unpaired) electrons. The highest BCUT2D eigenvalue weighted by Gasteiger charge is 2.43. The quantitative estimate of drug-likeness (QED) is 0.843. The number of anilines is 1. The van der Waals surface area contributed by atoms with E-state index < -0.39 is 0 Å². The summed E-state index contributed by atoms with van der Waals surface area (Å²) in [5.41, 5.74) is 0.135. The van der Waals surface area contributed by atoms with E-state index in [1.165, 1.54) is 11.3 Å². The van der Waals surface area contributed by atoms with Gasteiger partial charge >= 0.3 is 0 Å². The fraction of sp³-hybridized carbons (Fsp3) is 0.625. The summed E-state index contributed by atoms with van der Waals surface area (Å²) in [5, 5.41) is 4.24. The Morgan fingerprint density at radius 3 is 3.00 bits per heavy atom. The molecule has 3 nitrogen and oxygen atoms in total. The van der Waals surface area contributed by atoms with E-state index >= 15 is 0 Å². The van der Waals surface area contributed by atoms with Crippen LogP contribution in [0.25, 0.3) is 0 Å². The summed E-state index contributed by atoms with van der Waals surface area (Å²) in [5.74, 6) is 0. The number of hydrogen-bond donors (Lipinski definition) is 1. The molecule has 2 rings (SSSR count). The zero-order valence-electron chi connectivity index (χ0n) is 7.34. The molecule has 1 aromatic heterocycles. The fourth-order valence-corrected chi connectivity index (χ4v) is 2.20. The van der Waals surface area contributed by atoms with Crippen LogP contribution in [0, 0.1) is 0 Å². The first kappa shape index (κ1) is 9.24. The molecule has 0 atom stereocenters. The molecule has 0 amide bonds. The van der Waals surface area contributed by atoms with Crippen LogP contribution in [0.4, 0.5) is 5.13 Å². The van der Waals surface area contributed by atoms with Gasteiger partial charge in [0.1, 0.15) is 4.34 Å². The van der Waals surface area contributed by atoms with Crippen molar-refractivity contribution in [2.45, 2.75) is 18.4 Å². The highest BCUT2D eigenvalue weighted by atomic mass is 35.5. The van der Waals surface area contributed by atoms with Gasteiger partial charge in [-0.05, 0) is 12.8 Å². The van der Waals surface area contributed by atoms with Gasteiger partial charge < -0.3 is 10.1 Å². The lowest BCUT2D eigenvalue weighted by Crippen LogP contribution is -2.26. The van der Waals surface area contributed by atoms with Gasteiger partial charge in [0, 0.05) is 7.11 Å². The summed E-state index contributed by atoms with van der Waals surface area (Å²) in [4.78, 5) is 4.14. The predicted molar refractivity (Wildman–Crippen MR) is 54.6 cm³/mol. The van der Waals surface area contributed by atoms with Crippen LogP contribution in [0.3, 0.4) is 0 Å². The molecule has 0 aliphatic heterocycles. The molecule has 0 bridgehead atoms. The minimum Gasteiger partial charge on any atom is -0.382 e. The van der Waals surface area contributed by atoms with Gasteiger partial charge in [-0.2, -0.15) is 0 Å². The Labute approximate surface area is 86.1 Å². The average Bonchev–Trinajstić information content (AvgIpc) is 2.70. The molecular formula is C8H11ClN2OS. The average molecular weight is 219 g/mol. The minimum absolute atomic E-state index is 0.135. The second kappa shape index (κ2) is 3.44. The standard InChI is InChI=1S/C8H11ClN2OS/c1-12-5-8(2-3-8)11-7-10-4-6(9)13-7/h4H,2-3,5H2,1H3,(H,10,11). The smallest absolute Gasteiger partial charge is 0.184 e. The van der Waals surface area contributed by atoms with Crippen molar-refractivity contribution in [3.8, 4) is 0 Å². The monoisotopic (exact) mass is 218 g/mol. The van der Waals surface area contributed by atoms with E-state index in [1.54, 1.807) is 13.3 Å². The van der Waals surface area contributed by atoms with E-state index in [-0.39, 0.29) is 5.54 Å².